The fourth-order valence-electron chi connectivity index (χ4n) is 3.01. The van der Waals surface area contributed by atoms with E-state index in [-0.39, 0.29) is 17.3 Å². The monoisotopic (exact) mass is 384 g/mol. The molecule has 1 aliphatic rings. The highest BCUT2D eigenvalue weighted by Gasteiger charge is 2.36. The molecule has 0 N–H and O–H groups in total. The molecule has 0 amide bonds. The van der Waals surface area contributed by atoms with Crippen molar-refractivity contribution in [3.05, 3.63) is 62.4 Å². The van der Waals surface area contributed by atoms with Gasteiger partial charge in [-0.15, -0.1) is 0 Å². The summed E-state index contributed by atoms with van der Waals surface area (Å²) in [6.45, 7) is 1.77. The third-order valence-corrected chi connectivity index (χ3v) is 6.11. The van der Waals surface area contributed by atoms with Gasteiger partial charge in [0, 0.05) is 17.6 Å². The average Bonchev–Trinajstić information content (AvgIpc) is 2.53. The van der Waals surface area contributed by atoms with Gasteiger partial charge in [0.2, 0.25) is 0 Å². The molecule has 6 nitrogen and oxygen atoms in total. The summed E-state index contributed by atoms with van der Waals surface area (Å²) in [6, 6.07) is 6.30. The van der Waals surface area contributed by atoms with Crippen molar-refractivity contribution >= 4 is 33.0 Å². The minimum absolute atomic E-state index is 0.0407. The first-order valence-electron chi connectivity index (χ1n) is 7.47. The van der Waals surface area contributed by atoms with Gasteiger partial charge in [-0.05, 0) is 49.1 Å². The summed E-state index contributed by atoms with van der Waals surface area (Å²) >= 11 is 5.75. The largest absolute Gasteiger partial charge is 0.291 e. The average molecular weight is 385 g/mol. The first kappa shape index (κ1) is 17.6. The third kappa shape index (κ3) is 3.07. The van der Waals surface area contributed by atoms with Crippen molar-refractivity contribution in [1.82, 2.24) is 0 Å². The summed E-state index contributed by atoms with van der Waals surface area (Å²) in [5.74, 6) is -0.658. The maximum absolute atomic E-state index is 14.5. The standard InChI is InChI=1S/C16H14ClFN2O4S/c1-10-7-11-3-2-6-19(16(11)13(18)8-10)25(23,24)15-5-4-12(17)9-14(15)20(21)22/h4-5,7-9H,2-3,6H2,1H3. The van der Waals surface area contributed by atoms with E-state index in [0.717, 1.165) is 16.4 Å². The molecule has 0 spiro atoms. The molecule has 0 fully saturated rings. The Kier molecular flexibility index (Phi) is 4.42. The number of halogens is 2. The fraction of sp³-hybridized carbons (Fsp3) is 0.250. The molecule has 1 heterocycles. The zero-order valence-corrected chi connectivity index (χ0v) is 14.8. The van der Waals surface area contributed by atoms with Gasteiger partial charge in [-0.1, -0.05) is 17.7 Å². The van der Waals surface area contributed by atoms with E-state index in [0.29, 0.717) is 24.0 Å². The first-order valence-corrected chi connectivity index (χ1v) is 9.29. The lowest BCUT2D eigenvalue weighted by molar-refractivity contribution is -0.387. The second-order valence-electron chi connectivity index (χ2n) is 5.80. The van der Waals surface area contributed by atoms with Crippen LogP contribution in [-0.4, -0.2) is 19.9 Å². The molecular weight excluding hydrogens is 371 g/mol. The number of sulfonamides is 1. The van der Waals surface area contributed by atoms with Crippen LogP contribution >= 0.6 is 11.6 Å². The molecule has 0 bridgehead atoms. The van der Waals surface area contributed by atoms with Crippen LogP contribution in [-0.2, 0) is 16.4 Å². The molecule has 0 aromatic heterocycles. The Bertz CT molecular complexity index is 978. The number of rotatable bonds is 3. The molecule has 0 aliphatic carbocycles. The SMILES string of the molecule is Cc1cc(F)c2c(c1)CCCN2S(=O)(=O)c1ccc(Cl)cc1[N+](=O)[O-]. The van der Waals surface area contributed by atoms with Crippen molar-refractivity contribution < 1.29 is 17.7 Å². The molecule has 0 unspecified atom stereocenters. The molecule has 2 aromatic rings. The number of benzene rings is 2. The van der Waals surface area contributed by atoms with E-state index in [1.54, 1.807) is 13.0 Å². The Morgan fingerprint density at radius 2 is 2.00 bits per heavy atom. The minimum Gasteiger partial charge on any atom is -0.263 e. The van der Waals surface area contributed by atoms with E-state index in [9.17, 15) is 22.9 Å². The zero-order chi connectivity index (χ0) is 18.4. The number of hydrogen-bond donors (Lipinski definition) is 0. The summed E-state index contributed by atoms with van der Waals surface area (Å²) in [4.78, 5) is 9.94. The van der Waals surface area contributed by atoms with Crippen LogP contribution in [0.15, 0.2) is 35.2 Å². The van der Waals surface area contributed by atoms with Crippen LogP contribution in [0.2, 0.25) is 5.02 Å². The number of nitro benzene ring substituents is 1. The van der Waals surface area contributed by atoms with Gasteiger partial charge in [0.05, 0.1) is 10.6 Å². The van der Waals surface area contributed by atoms with Gasteiger partial charge in [0.25, 0.3) is 15.7 Å². The van der Waals surface area contributed by atoms with Gasteiger partial charge in [0.15, 0.2) is 4.90 Å². The van der Waals surface area contributed by atoms with Crippen molar-refractivity contribution in [3.63, 3.8) is 0 Å². The Labute approximate surface area is 149 Å². The summed E-state index contributed by atoms with van der Waals surface area (Å²) in [5, 5.41) is 11.3. The van der Waals surface area contributed by atoms with Gasteiger partial charge >= 0.3 is 0 Å². The second kappa shape index (κ2) is 6.27. The summed E-state index contributed by atoms with van der Waals surface area (Å²) < 4.78 is 41.5. The molecule has 9 heteroatoms. The van der Waals surface area contributed by atoms with Crippen molar-refractivity contribution in [2.45, 2.75) is 24.7 Å². The smallest absolute Gasteiger partial charge is 0.263 e. The van der Waals surface area contributed by atoms with Crippen LogP contribution in [0, 0.1) is 22.9 Å². The van der Waals surface area contributed by atoms with E-state index < -0.39 is 31.3 Å². The molecule has 0 atom stereocenters. The van der Waals surface area contributed by atoms with E-state index in [4.69, 9.17) is 11.6 Å². The maximum Gasteiger partial charge on any atom is 0.291 e. The number of nitro groups is 1. The van der Waals surface area contributed by atoms with Crippen molar-refractivity contribution in [1.29, 1.82) is 0 Å². The van der Waals surface area contributed by atoms with Crippen LogP contribution in [0.4, 0.5) is 15.8 Å². The number of fused-ring (bicyclic) bond motifs is 1. The predicted octanol–water partition coefficient (Wildman–Crippen LogP) is 3.84. The highest BCUT2D eigenvalue weighted by atomic mass is 35.5. The predicted molar refractivity (Wildman–Crippen MR) is 92.1 cm³/mol. The normalized spacial score (nSPS) is 14.3. The number of anilines is 1. The molecule has 1 aliphatic heterocycles. The Morgan fingerprint density at radius 1 is 1.28 bits per heavy atom. The maximum atomic E-state index is 14.5. The number of nitrogens with zero attached hydrogens (tertiary/aromatic N) is 2. The fourth-order valence-corrected chi connectivity index (χ4v) is 4.87. The number of aryl methyl sites for hydroxylation is 2. The summed E-state index contributed by atoms with van der Waals surface area (Å²) in [7, 11) is -4.31. The van der Waals surface area contributed by atoms with E-state index in [1.807, 2.05) is 0 Å². The molecule has 0 saturated heterocycles. The van der Waals surface area contributed by atoms with Gasteiger partial charge in [-0.25, -0.2) is 12.8 Å². The highest BCUT2D eigenvalue weighted by molar-refractivity contribution is 7.93. The van der Waals surface area contributed by atoms with Crippen molar-refractivity contribution in [2.75, 3.05) is 10.8 Å². The molecule has 25 heavy (non-hydrogen) atoms. The molecular formula is C16H14ClFN2O4S. The second-order valence-corrected chi connectivity index (χ2v) is 8.07. The molecule has 0 radical (unpaired) electrons. The van der Waals surface area contributed by atoms with Crippen molar-refractivity contribution in [2.24, 2.45) is 0 Å². The Morgan fingerprint density at radius 3 is 2.68 bits per heavy atom. The van der Waals surface area contributed by atoms with E-state index in [2.05, 4.69) is 0 Å². The summed E-state index contributed by atoms with van der Waals surface area (Å²) in [5.41, 5.74) is 0.588. The van der Waals surface area contributed by atoms with Crippen LogP contribution in [0.25, 0.3) is 0 Å². The summed E-state index contributed by atoms with van der Waals surface area (Å²) in [6.07, 6.45) is 1.04. The van der Waals surface area contributed by atoms with Crippen LogP contribution in [0.1, 0.15) is 17.5 Å². The first-order chi connectivity index (χ1) is 11.7. The van der Waals surface area contributed by atoms with Crippen LogP contribution in [0.3, 0.4) is 0 Å². The zero-order valence-electron chi connectivity index (χ0n) is 13.2. The van der Waals surface area contributed by atoms with E-state index >= 15 is 0 Å². The minimum atomic E-state index is -4.31. The van der Waals surface area contributed by atoms with E-state index in [1.165, 1.54) is 12.1 Å². The van der Waals surface area contributed by atoms with Gasteiger partial charge < -0.3 is 0 Å². The lowest BCUT2D eigenvalue weighted by atomic mass is 10.0. The molecule has 0 saturated carbocycles. The molecule has 132 valence electrons. The highest BCUT2D eigenvalue weighted by Crippen LogP contribution is 2.37. The Balaban J connectivity index is 2.21. The van der Waals surface area contributed by atoms with Gasteiger partial charge in [-0.2, -0.15) is 0 Å². The quantitative estimate of drug-likeness (QED) is 0.594. The molecule has 3 rings (SSSR count). The Hall–Kier alpha value is -2.19. The topological polar surface area (TPSA) is 80.5 Å². The lowest BCUT2D eigenvalue weighted by Gasteiger charge is -2.31. The molecule has 2 aromatic carbocycles. The van der Waals surface area contributed by atoms with Crippen LogP contribution < -0.4 is 4.31 Å². The lowest BCUT2D eigenvalue weighted by Crippen LogP contribution is -2.36. The van der Waals surface area contributed by atoms with Crippen LogP contribution in [0.5, 0.6) is 0 Å². The van der Waals surface area contributed by atoms with Crippen molar-refractivity contribution in [3.8, 4) is 0 Å². The van der Waals surface area contributed by atoms with Gasteiger partial charge in [-0.3, -0.25) is 14.4 Å². The van der Waals surface area contributed by atoms with Gasteiger partial charge in [0.1, 0.15) is 5.82 Å². The number of hydrogen-bond acceptors (Lipinski definition) is 4. The third-order valence-electron chi connectivity index (χ3n) is 4.03.